The Bertz CT molecular complexity index is 1160. The third-order valence-corrected chi connectivity index (χ3v) is 6.58. The van der Waals surface area contributed by atoms with Crippen LogP contribution in [0.2, 0.25) is 0 Å². The molecule has 29 heavy (non-hydrogen) atoms. The number of aromatic nitrogens is 1. The van der Waals surface area contributed by atoms with Crippen molar-refractivity contribution in [3.63, 3.8) is 0 Å². The Labute approximate surface area is 171 Å². The van der Waals surface area contributed by atoms with Crippen LogP contribution in [0.3, 0.4) is 0 Å². The summed E-state index contributed by atoms with van der Waals surface area (Å²) in [7, 11) is -4.07. The van der Waals surface area contributed by atoms with Gasteiger partial charge in [-0.05, 0) is 30.0 Å². The van der Waals surface area contributed by atoms with E-state index in [1.807, 2.05) is 24.3 Å². The number of primary sulfonamides is 1. The van der Waals surface area contributed by atoms with E-state index in [0.717, 1.165) is 10.3 Å². The van der Waals surface area contributed by atoms with Crippen molar-refractivity contribution < 1.29 is 13.5 Å². The smallest absolute Gasteiger partial charge is 0.238 e. The van der Waals surface area contributed by atoms with Gasteiger partial charge in [0.1, 0.15) is 6.17 Å². The number of para-hydroxylation sites is 1. The number of aryl methyl sites for hydroxylation is 1. The van der Waals surface area contributed by atoms with Gasteiger partial charge in [-0.15, -0.1) is 0 Å². The van der Waals surface area contributed by atoms with Crippen LogP contribution in [-0.4, -0.2) is 25.1 Å². The molecule has 0 radical (unpaired) electrons. The number of aliphatic hydroxyl groups excluding tert-OH is 1. The minimum absolute atomic E-state index is 0.0270. The molecule has 0 atom stereocenters. The third kappa shape index (κ3) is 3.84. The summed E-state index contributed by atoms with van der Waals surface area (Å²) in [5.41, 5.74) is 20.3. The lowest BCUT2D eigenvalue weighted by Crippen LogP contribution is -2.33. The fourth-order valence-electron chi connectivity index (χ4n) is 3.55. The van der Waals surface area contributed by atoms with Gasteiger partial charge in [-0.1, -0.05) is 35.6 Å². The largest absolute Gasteiger partial charge is 0.396 e. The molecule has 0 spiro atoms. The quantitative estimate of drug-likeness (QED) is 0.287. The molecule has 10 nitrogen and oxygen atoms in total. The van der Waals surface area contributed by atoms with E-state index >= 15 is 0 Å². The lowest BCUT2D eigenvalue weighted by Gasteiger charge is -2.21. The molecule has 9 N–H and O–H groups in total. The number of rotatable bonds is 6. The van der Waals surface area contributed by atoms with Crippen molar-refractivity contribution in [3.8, 4) is 11.1 Å². The molecule has 4 rings (SSSR count). The summed E-state index contributed by atoms with van der Waals surface area (Å²) >= 11 is 1.36. The molecule has 1 saturated heterocycles. The maximum absolute atomic E-state index is 12.6. The van der Waals surface area contributed by atoms with Crippen molar-refractivity contribution in [1.29, 1.82) is 0 Å². The summed E-state index contributed by atoms with van der Waals surface area (Å²) in [4.78, 5) is 4.46. The first kappa shape index (κ1) is 20.1. The third-order valence-electron chi connectivity index (χ3n) is 4.68. The molecule has 154 valence electrons. The van der Waals surface area contributed by atoms with Gasteiger partial charge in [0.25, 0.3) is 0 Å². The van der Waals surface area contributed by atoms with Crippen molar-refractivity contribution in [1.82, 2.24) is 26.9 Å². The average Bonchev–Trinajstić information content (AvgIpc) is 3.33. The Morgan fingerprint density at radius 2 is 1.90 bits per heavy atom. The van der Waals surface area contributed by atoms with E-state index in [1.165, 1.54) is 11.3 Å². The molecule has 0 unspecified atom stereocenters. The number of benzene rings is 2. The molecular formula is C17H21N7O3S2. The zero-order valence-electron chi connectivity index (χ0n) is 15.3. The van der Waals surface area contributed by atoms with Crippen molar-refractivity contribution in [2.24, 2.45) is 5.14 Å². The molecule has 0 bridgehead atoms. The number of thiazole rings is 1. The van der Waals surface area contributed by atoms with E-state index in [-0.39, 0.29) is 11.5 Å². The van der Waals surface area contributed by atoms with Crippen molar-refractivity contribution in [3.05, 3.63) is 41.5 Å². The Morgan fingerprint density at radius 3 is 2.59 bits per heavy atom. The normalized spacial score (nSPS) is 15.4. The number of hydrogen-bond acceptors (Lipinski definition) is 10. The van der Waals surface area contributed by atoms with Crippen LogP contribution in [0.1, 0.15) is 23.7 Å². The molecule has 1 aliphatic rings. The summed E-state index contributed by atoms with van der Waals surface area (Å²) < 4.78 is 26.2. The van der Waals surface area contributed by atoms with Gasteiger partial charge < -0.3 is 10.8 Å². The minimum atomic E-state index is -4.07. The molecule has 3 aromatic rings. The molecule has 0 amide bonds. The highest BCUT2D eigenvalue weighted by Gasteiger charge is 2.30. The van der Waals surface area contributed by atoms with Crippen molar-refractivity contribution in [2.75, 3.05) is 12.3 Å². The van der Waals surface area contributed by atoms with Crippen LogP contribution in [0.25, 0.3) is 21.3 Å². The van der Waals surface area contributed by atoms with E-state index in [4.69, 9.17) is 10.9 Å². The molecule has 0 saturated carbocycles. The van der Waals surface area contributed by atoms with Crippen LogP contribution in [0.15, 0.2) is 35.2 Å². The highest BCUT2D eigenvalue weighted by Crippen LogP contribution is 2.39. The van der Waals surface area contributed by atoms with E-state index < -0.39 is 16.2 Å². The number of fused-ring (bicyclic) bond motifs is 1. The zero-order chi connectivity index (χ0) is 20.6. The second-order valence-electron chi connectivity index (χ2n) is 6.56. The molecular weight excluding hydrogens is 414 g/mol. The van der Waals surface area contributed by atoms with E-state index in [9.17, 15) is 13.5 Å². The van der Waals surface area contributed by atoms with Gasteiger partial charge in [-0.3, -0.25) is 0 Å². The predicted molar refractivity (Wildman–Crippen MR) is 112 cm³/mol. The SMILES string of the molecule is Nc1nc2c(-c3ccc(CCCO)c(S(N)(=O)=O)c3C3NNNN3)cccc2s1. The van der Waals surface area contributed by atoms with Gasteiger partial charge >= 0.3 is 0 Å². The molecule has 2 aromatic carbocycles. The van der Waals surface area contributed by atoms with Crippen LogP contribution in [-0.2, 0) is 16.4 Å². The Morgan fingerprint density at radius 1 is 1.14 bits per heavy atom. The van der Waals surface area contributed by atoms with Crippen LogP contribution < -0.4 is 32.8 Å². The van der Waals surface area contributed by atoms with Crippen molar-refractivity contribution in [2.45, 2.75) is 23.9 Å². The highest BCUT2D eigenvalue weighted by atomic mass is 32.2. The summed E-state index contributed by atoms with van der Waals surface area (Å²) in [6.07, 6.45) is 0.206. The molecule has 1 aromatic heterocycles. The lowest BCUT2D eigenvalue weighted by atomic mass is 9.93. The standard InChI is InChI=1S/C17H21N7O3S2/c18-17-20-14-11(4-1-5-12(14)28-17)10-7-6-9(3-2-8-25)15(29(19,26)27)13(10)16-21-23-24-22-16/h1,4-7,16,21-25H,2-3,8H2,(H2,18,20)(H2,19,26,27). The highest BCUT2D eigenvalue weighted by molar-refractivity contribution is 7.89. The first-order valence-corrected chi connectivity index (χ1v) is 11.2. The summed E-state index contributed by atoms with van der Waals surface area (Å²) in [6, 6.07) is 9.25. The average molecular weight is 436 g/mol. The summed E-state index contributed by atoms with van der Waals surface area (Å²) in [6.45, 7) is -0.0540. The van der Waals surface area contributed by atoms with Crippen LogP contribution in [0.5, 0.6) is 0 Å². The Hall–Kier alpha value is -2.16. The molecule has 1 aliphatic heterocycles. The number of nitrogens with two attached hydrogens (primary N) is 2. The van der Waals surface area contributed by atoms with Gasteiger partial charge in [0.15, 0.2) is 5.13 Å². The van der Waals surface area contributed by atoms with Crippen LogP contribution in [0, 0.1) is 0 Å². The van der Waals surface area contributed by atoms with E-state index in [0.29, 0.717) is 40.2 Å². The second-order valence-corrected chi connectivity index (χ2v) is 9.12. The first-order valence-electron chi connectivity index (χ1n) is 8.86. The monoisotopic (exact) mass is 435 g/mol. The van der Waals surface area contributed by atoms with Gasteiger partial charge in [-0.2, -0.15) is 11.1 Å². The molecule has 2 heterocycles. The molecule has 12 heteroatoms. The number of anilines is 1. The van der Waals surface area contributed by atoms with Crippen LogP contribution >= 0.6 is 11.3 Å². The van der Waals surface area contributed by atoms with Crippen molar-refractivity contribution >= 4 is 36.7 Å². The van der Waals surface area contributed by atoms with Gasteiger partial charge in [-0.25, -0.2) is 29.4 Å². The maximum Gasteiger partial charge on any atom is 0.238 e. The number of nitrogens with zero attached hydrogens (tertiary/aromatic N) is 1. The Kier molecular flexibility index (Phi) is 5.50. The number of hydrazine groups is 3. The second kappa shape index (κ2) is 7.93. The first-order chi connectivity index (χ1) is 13.9. The van der Waals surface area contributed by atoms with E-state index in [2.05, 4.69) is 26.9 Å². The zero-order valence-corrected chi connectivity index (χ0v) is 16.9. The fourth-order valence-corrected chi connectivity index (χ4v) is 5.38. The topological polar surface area (TPSA) is 167 Å². The number of nitrogens with one attached hydrogen (secondary N) is 4. The number of nitrogen functional groups attached to an aromatic ring is 1. The number of sulfonamides is 1. The lowest BCUT2D eigenvalue weighted by molar-refractivity contribution is 0.288. The minimum Gasteiger partial charge on any atom is -0.396 e. The van der Waals surface area contributed by atoms with Gasteiger partial charge in [0.2, 0.25) is 10.0 Å². The summed E-state index contributed by atoms with van der Waals surface area (Å²) in [5.74, 6) is 0. The van der Waals surface area contributed by atoms with Gasteiger partial charge in [0.05, 0.1) is 15.1 Å². The van der Waals surface area contributed by atoms with Gasteiger partial charge in [0, 0.05) is 17.7 Å². The maximum atomic E-state index is 12.6. The predicted octanol–water partition coefficient (Wildman–Crippen LogP) is 0.233. The number of aliphatic hydroxyl groups is 1. The van der Waals surface area contributed by atoms with E-state index in [1.54, 1.807) is 6.07 Å². The Balaban J connectivity index is 2.03. The number of hydrogen-bond donors (Lipinski definition) is 7. The van der Waals surface area contributed by atoms with Crippen LogP contribution in [0.4, 0.5) is 5.13 Å². The fraction of sp³-hybridized carbons (Fsp3) is 0.235. The summed E-state index contributed by atoms with van der Waals surface area (Å²) in [5, 5.41) is 15.3. The molecule has 0 aliphatic carbocycles. The molecule has 1 fully saturated rings.